The van der Waals surface area contributed by atoms with Gasteiger partial charge in [0, 0.05) is 6.04 Å². The zero-order valence-corrected chi connectivity index (χ0v) is 9.59. The van der Waals surface area contributed by atoms with Gasteiger partial charge in [0.2, 0.25) is 0 Å². The van der Waals surface area contributed by atoms with Crippen molar-refractivity contribution in [3.05, 3.63) is 12.7 Å². The molecule has 0 rings (SSSR count). The summed E-state index contributed by atoms with van der Waals surface area (Å²) < 4.78 is 5.14. The van der Waals surface area contributed by atoms with E-state index in [0.717, 1.165) is 6.42 Å². The Hall–Kier alpha value is -0.830. The summed E-state index contributed by atoms with van der Waals surface area (Å²) in [6.45, 7) is 11.5. The predicted molar refractivity (Wildman–Crippen MR) is 58.1 cm³/mol. The van der Waals surface area contributed by atoms with Crippen molar-refractivity contribution in [3.63, 3.8) is 0 Å². The number of ether oxygens (including phenoxy) is 1. The highest BCUT2D eigenvalue weighted by atomic mass is 16.6. The molecule has 1 N–H and O–H groups in total. The second-order valence-electron chi connectivity index (χ2n) is 4.22. The quantitative estimate of drug-likeness (QED) is 0.542. The van der Waals surface area contributed by atoms with Gasteiger partial charge in [-0.25, -0.2) is 0 Å². The summed E-state index contributed by atoms with van der Waals surface area (Å²) in [6, 6.07) is 0.183. The third-order valence-corrected chi connectivity index (χ3v) is 1.65. The van der Waals surface area contributed by atoms with Gasteiger partial charge in [-0.3, -0.25) is 4.79 Å². The summed E-state index contributed by atoms with van der Waals surface area (Å²) in [7, 11) is 0. The van der Waals surface area contributed by atoms with Crippen molar-refractivity contribution in [1.82, 2.24) is 5.32 Å². The van der Waals surface area contributed by atoms with Crippen LogP contribution >= 0.6 is 0 Å². The van der Waals surface area contributed by atoms with Crippen LogP contribution in [-0.4, -0.2) is 24.2 Å². The lowest BCUT2D eigenvalue weighted by Crippen LogP contribution is -2.35. The maximum absolute atomic E-state index is 11.3. The first-order valence-electron chi connectivity index (χ1n) is 4.97. The number of carbonyl (C=O) groups excluding carboxylic acids is 1. The topological polar surface area (TPSA) is 38.3 Å². The summed E-state index contributed by atoms with van der Waals surface area (Å²) in [5.41, 5.74) is -0.408. The van der Waals surface area contributed by atoms with Gasteiger partial charge in [0.05, 0.1) is 6.54 Å². The van der Waals surface area contributed by atoms with Crippen LogP contribution in [0, 0.1) is 0 Å². The van der Waals surface area contributed by atoms with Crippen molar-refractivity contribution >= 4 is 5.97 Å². The standard InChI is InChI=1S/C11H21NO2/c1-6-9(7-2)12-8-10(13)14-11(3,4)5/h6,9,12H,1,7-8H2,2-5H3/t9-/m0/s1. The lowest BCUT2D eigenvalue weighted by Gasteiger charge is -2.20. The summed E-state index contributed by atoms with van der Waals surface area (Å²) in [5, 5.41) is 3.05. The maximum atomic E-state index is 11.3. The van der Waals surface area contributed by atoms with E-state index in [1.165, 1.54) is 0 Å². The molecule has 82 valence electrons. The molecule has 0 aliphatic heterocycles. The molecule has 0 aromatic carbocycles. The van der Waals surface area contributed by atoms with E-state index in [1.54, 1.807) is 6.08 Å². The molecule has 0 saturated carbocycles. The fourth-order valence-corrected chi connectivity index (χ4v) is 0.986. The Bertz CT molecular complexity index is 194. The van der Waals surface area contributed by atoms with E-state index < -0.39 is 5.60 Å². The molecule has 14 heavy (non-hydrogen) atoms. The minimum Gasteiger partial charge on any atom is -0.459 e. The highest BCUT2D eigenvalue weighted by Gasteiger charge is 2.16. The van der Waals surface area contributed by atoms with E-state index in [1.807, 2.05) is 27.7 Å². The van der Waals surface area contributed by atoms with E-state index in [2.05, 4.69) is 11.9 Å². The largest absolute Gasteiger partial charge is 0.459 e. The second kappa shape index (κ2) is 5.81. The predicted octanol–water partition coefficient (Wildman–Crippen LogP) is 1.88. The van der Waals surface area contributed by atoms with Crippen molar-refractivity contribution in [3.8, 4) is 0 Å². The first-order valence-corrected chi connectivity index (χ1v) is 4.97. The Kier molecular flexibility index (Phi) is 5.46. The van der Waals surface area contributed by atoms with Gasteiger partial charge >= 0.3 is 5.97 Å². The van der Waals surface area contributed by atoms with Gasteiger partial charge in [0.15, 0.2) is 0 Å². The molecule has 0 fully saturated rings. The van der Waals surface area contributed by atoms with Crippen molar-refractivity contribution in [2.45, 2.75) is 45.8 Å². The van der Waals surface area contributed by atoms with Gasteiger partial charge in [-0.05, 0) is 27.2 Å². The molecule has 0 aliphatic rings. The average Bonchev–Trinajstić information content (AvgIpc) is 2.03. The minimum atomic E-state index is -0.408. The van der Waals surface area contributed by atoms with Crippen LogP contribution in [0.4, 0.5) is 0 Å². The zero-order chi connectivity index (χ0) is 11.2. The molecule has 0 aromatic rings. The van der Waals surface area contributed by atoms with E-state index in [9.17, 15) is 4.79 Å². The molecule has 0 heterocycles. The van der Waals surface area contributed by atoms with Crippen LogP contribution < -0.4 is 5.32 Å². The summed E-state index contributed by atoms with van der Waals surface area (Å²) in [6.07, 6.45) is 2.72. The van der Waals surface area contributed by atoms with Gasteiger partial charge in [-0.2, -0.15) is 0 Å². The fourth-order valence-electron chi connectivity index (χ4n) is 0.986. The third kappa shape index (κ3) is 6.66. The van der Waals surface area contributed by atoms with Crippen molar-refractivity contribution < 1.29 is 9.53 Å². The summed E-state index contributed by atoms with van der Waals surface area (Å²) in [5.74, 6) is -0.224. The normalized spacial score (nSPS) is 13.4. The van der Waals surface area contributed by atoms with Crippen LogP contribution in [-0.2, 0) is 9.53 Å². The molecule has 0 spiro atoms. The van der Waals surface area contributed by atoms with Gasteiger partial charge in [0.25, 0.3) is 0 Å². The van der Waals surface area contributed by atoms with Crippen molar-refractivity contribution in [1.29, 1.82) is 0 Å². The monoisotopic (exact) mass is 199 g/mol. The molecular formula is C11H21NO2. The molecule has 0 amide bonds. The lowest BCUT2D eigenvalue weighted by molar-refractivity contribution is -0.153. The zero-order valence-electron chi connectivity index (χ0n) is 9.59. The SMILES string of the molecule is C=C[C@@H](CC)NCC(=O)OC(C)(C)C. The highest BCUT2D eigenvalue weighted by molar-refractivity contribution is 5.72. The highest BCUT2D eigenvalue weighted by Crippen LogP contribution is 2.06. The van der Waals surface area contributed by atoms with Crippen LogP contribution in [0.1, 0.15) is 34.1 Å². The van der Waals surface area contributed by atoms with Gasteiger partial charge < -0.3 is 10.1 Å². The Labute approximate surface area is 86.5 Å². The molecule has 0 saturated heterocycles. The molecule has 3 heteroatoms. The molecule has 0 radical (unpaired) electrons. The van der Waals surface area contributed by atoms with Gasteiger partial charge in [-0.1, -0.05) is 13.0 Å². The molecule has 0 aromatic heterocycles. The van der Waals surface area contributed by atoms with E-state index in [4.69, 9.17) is 4.74 Å². The average molecular weight is 199 g/mol. The molecule has 3 nitrogen and oxygen atoms in total. The van der Waals surface area contributed by atoms with Gasteiger partial charge in [-0.15, -0.1) is 6.58 Å². The number of hydrogen-bond acceptors (Lipinski definition) is 3. The molecule has 1 atom stereocenters. The smallest absolute Gasteiger partial charge is 0.320 e. The molecule has 0 bridgehead atoms. The Morgan fingerprint density at radius 3 is 2.50 bits per heavy atom. The third-order valence-electron chi connectivity index (χ3n) is 1.65. The van der Waals surface area contributed by atoms with E-state index >= 15 is 0 Å². The van der Waals surface area contributed by atoms with E-state index in [-0.39, 0.29) is 18.6 Å². The van der Waals surface area contributed by atoms with E-state index in [0.29, 0.717) is 0 Å². The Balaban J connectivity index is 3.79. The fraction of sp³-hybridized carbons (Fsp3) is 0.727. The second-order valence-corrected chi connectivity index (χ2v) is 4.22. The minimum absolute atomic E-state index is 0.183. The van der Waals surface area contributed by atoms with Crippen molar-refractivity contribution in [2.24, 2.45) is 0 Å². The molecule has 0 aliphatic carbocycles. The van der Waals surface area contributed by atoms with Crippen LogP contribution in [0.25, 0.3) is 0 Å². The first-order chi connectivity index (χ1) is 6.39. The van der Waals surface area contributed by atoms with Crippen LogP contribution in [0.2, 0.25) is 0 Å². The Morgan fingerprint density at radius 1 is 1.57 bits per heavy atom. The first kappa shape index (κ1) is 13.2. The molecular weight excluding hydrogens is 178 g/mol. The van der Waals surface area contributed by atoms with Crippen molar-refractivity contribution in [2.75, 3.05) is 6.54 Å². The number of esters is 1. The van der Waals surface area contributed by atoms with Crippen LogP contribution in [0.15, 0.2) is 12.7 Å². The molecule has 0 unspecified atom stereocenters. The number of hydrogen-bond donors (Lipinski definition) is 1. The van der Waals surface area contributed by atoms with Crippen LogP contribution in [0.3, 0.4) is 0 Å². The summed E-state index contributed by atoms with van der Waals surface area (Å²) in [4.78, 5) is 11.3. The maximum Gasteiger partial charge on any atom is 0.320 e. The number of rotatable bonds is 5. The Morgan fingerprint density at radius 2 is 2.14 bits per heavy atom. The lowest BCUT2D eigenvalue weighted by atomic mass is 10.2. The summed E-state index contributed by atoms with van der Waals surface area (Å²) >= 11 is 0. The van der Waals surface area contributed by atoms with Crippen LogP contribution in [0.5, 0.6) is 0 Å². The number of carbonyl (C=O) groups is 1. The van der Waals surface area contributed by atoms with Gasteiger partial charge in [0.1, 0.15) is 5.60 Å². The number of nitrogens with one attached hydrogen (secondary N) is 1.